The van der Waals surface area contributed by atoms with Gasteiger partial charge >= 0.3 is 0 Å². The van der Waals surface area contributed by atoms with Crippen LogP contribution in [0.3, 0.4) is 0 Å². The number of halogens is 1. The first kappa shape index (κ1) is 19.3. The van der Waals surface area contributed by atoms with Crippen molar-refractivity contribution in [2.24, 2.45) is 0 Å². The summed E-state index contributed by atoms with van der Waals surface area (Å²) in [5, 5.41) is 2.92. The topological polar surface area (TPSA) is 47.6 Å². The normalized spacial score (nSPS) is 11.6. The lowest BCUT2D eigenvalue weighted by molar-refractivity contribution is -0.127. The monoisotopic (exact) mass is 405 g/mol. The highest BCUT2D eigenvalue weighted by molar-refractivity contribution is 9.10. The molecule has 0 heterocycles. The molecule has 0 saturated carbocycles. The molecule has 0 aliphatic heterocycles. The number of rotatable bonds is 9. The second kappa shape index (κ2) is 10.1. The Hall–Kier alpha value is -2.01. The molecular weight excluding hydrogens is 382 g/mol. The molecule has 0 radical (unpaired) electrons. The van der Waals surface area contributed by atoms with Gasteiger partial charge in [0.15, 0.2) is 6.10 Å². The Labute approximate surface area is 157 Å². The number of carbonyl (C=O) groups is 1. The van der Waals surface area contributed by atoms with Crippen LogP contribution in [-0.4, -0.2) is 25.2 Å². The van der Waals surface area contributed by atoms with E-state index in [-0.39, 0.29) is 5.91 Å². The molecule has 2 aromatic rings. The molecule has 134 valence electrons. The van der Waals surface area contributed by atoms with Crippen LogP contribution in [0.25, 0.3) is 0 Å². The van der Waals surface area contributed by atoms with Crippen LogP contribution in [0.5, 0.6) is 11.5 Å². The Morgan fingerprint density at radius 1 is 1.16 bits per heavy atom. The second-order valence-electron chi connectivity index (χ2n) is 5.65. The van der Waals surface area contributed by atoms with Gasteiger partial charge in [-0.25, -0.2) is 0 Å². The van der Waals surface area contributed by atoms with E-state index in [1.165, 1.54) is 0 Å². The van der Waals surface area contributed by atoms with Crippen LogP contribution in [0, 0.1) is 0 Å². The van der Waals surface area contributed by atoms with Crippen LogP contribution in [0.15, 0.2) is 53.0 Å². The van der Waals surface area contributed by atoms with Gasteiger partial charge in [-0.2, -0.15) is 0 Å². The van der Waals surface area contributed by atoms with Crippen molar-refractivity contribution in [3.63, 3.8) is 0 Å². The summed E-state index contributed by atoms with van der Waals surface area (Å²) in [6, 6.07) is 15.4. The van der Waals surface area contributed by atoms with Gasteiger partial charge in [0.25, 0.3) is 5.91 Å². The fraction of sp³-hybridized carbons (Fsp3) is 0.350. The number of ether oxygens (including phenoxy) is 2. The van der Waals surface area contributed by atoms with E-state index in [0.717, 1.165) is 28.6 Å². The molecule has 5 heteroatoms. The molecule has 0 bridgehead atoms. The van der Waals surface area contributed by atoms with Gasteiger partial charge in [0.1, 0.15) is 11.5 Å². The molecule has 4 nitrogen and oxygen atoms in total. The number of benzene rings is 2. The summed E-state index contributed by atoms with van der Waals surface area (Å²) in [7, 11) is 0. The Morgan fingerprint density at radius 3 is 2.60 bits per heavy atom. The number of aryl methyl sites for hydroxylation is 1. The molecule has 2 rings (SSSR count). The minimum absolute atomic E-state index is 0.110. The molecule has 0 aliphatic rings. The maximum absolute atomic E-state index is 12.1. The molecule has 0 aromatic heterocycles. The van der Waals surface area contributed by atoms with Gasteiger partial charge in [0, 0.05) is 11.0 Å². The first-order valence-electron chi connectivity index (χ1n) is 8.50. The van der Waals surface area contributed by atoms with Gasteiger partial charge in [-0.05, 0) is 62.6 Å². The minimum Gasteiger partial charge on any atom is -0.494 e. The standard InChI is InChI=1S/C20H24BrNO3/c1-3-24-19-9-5-4-7-16(19)8-6-14-22-20(23)15(2)25-18-12-10-17(21)11-13-18/h4-5,7,9-13,15H,3,6,8,14H2,1-2H3,(H,22,23)/t15-/m1/s1. The molecule has 0 unspecified atom stereocenters. The Morgan fingerprint density at radius 2 is 1.88 bits per heavy atom. The average Bonchev–Trinajstić information content (AvgIpc) is 2.62. The van der Waals surface area contributed by atoms with E-state index in [9.17, 15) is 4.79 Å². The van der Waals surface area contributed by atoms with E-state index in [1.54, 1.807) is 6.92 Å². The number of hydrogen-bond acceptors (Lipinski definition) is 3. The molecule has 2 aromatic carbocycles. The van der Waals surface area contributed by atoms with Gasteiger partial charge in [0.2, 0.25) is 0 Å². The third-order valence-electron chi connectivity index (χ3n) is 3.69. The molecule has 0 fully saturated rings. The fourth-order valence-corrected chi connectivity index (χ4v) is 2.68. The molecule has 0 saturated heterocycles. The summed E-state index contributed by atoms with van der Waals surface area (Å²) in [6.45, 7) is 4.98. The SMILES string of the molecule is CCOc1ccccc1CCCNC(=O)[C@@H](C)Oc1ccc(Br)cc1. The third kappa shape index (κ3) is 6.42. The van der Waals surface area contributed by atoms with Crippen LogP contribution in [0.2, 0.25) is 0 Å². The zero-order valence-electron chi connectivity index (χ0n) is 14.6. The van der Waals surface area contributed by atoms with Crippen molar-refractivity contribution in [2.45, 2.75) is 32.8 Å². The summed E-state index contributed by atoms with van der Waals surface area (Å²) >= 11 is 3.37. The van der Waals surface area contributed by atoms with Crippen molar-refractivity contribution in [3.05, 3.63) is 58.6 Å². The first-order chi connectivity index (χ1) is 12.1. The van der Waals surface area contributed by atoms with Crippen LogP contribution >= 0.6 is 15.9 Å². The fourth-order valence-electron chi connectivity index (χ4n) is 2.41. The summed E-state index contributed by atoms with van der Waals surface area (Å²) in [4.78, 5) is 12.1. The largest absolute Gasteiger partial charge is 0.494 e. The molecule has 25 heavy (non-hydrogen) atoms. The number of para-hydroxylation sites is 1. The number of amides is 1. The van der Waals surface area contributed by atoms with Crippen molar-refractivity contribution in [3.8, 4) is 11.5 Å². The predicted octanol–water partition coefficient (Wildman–Crippen LogP) is 4.36. The average molecular weight is 406 g/mol. The second-order valence-corrected chi connectivity index (χ2v) is 6.56. The van der Waals surface area contributed by atoms with Gasteiger partial charge < -0.3 is 14.8 Å². The van der Waals surface area contributed by atoms with Crippen LogP contribution in [0.1, 0.15) is 25.8 Å². The molecule has 0 spiro atoms. The van der Waals surface area contributed by atoms with Crippen molar-refractivity contribution >= 4 is 21.8 Å². The highest BCUT2D eigenvalue weighted by Gasteiger charge is 2.14. The quantitative estimate of drug-likeness (QED) is 0.630. The highest BCUT2D eigenvalue weighted by atomic mass is 79.9. The van der Waals surface area contributed by atoms with Crippen molar-refractivity contribution in [2.75, 3.05) is 13.2 Å². The lowest BCUT2D eigenvalue weighted by Gasteiger charge is -2.15. The highest BCUT2D eigenvalue weighted by Crippen LogP contribution is 2.19. The first-order valence-corrected chi connectivity index (χ1v) is 9.30. The Bertz CT molecular complexity index is 673. The summed E-state index contributed by atoms with van der Waals surface area (Å²) in [5.74, 6) is 1.49. The zero-order valence-corrected chi connectivity index (χ0v) is 16.2. The summed E-state index contributed by atoms with van der Waals surface area (Å²) in [6.07, 6.45) is 1.18. The lowest BCUT2D eigenvalue weighted by atomic mass is 10.1. The van der Waals surface area contributed by atoms with Gasteiger partial charge in [-0.1, -0.05) is 34.1 Å². The molecule has 1 atom stereocenters. The van der Waals surface area contributed by atoms with E-state index in [4.69, 9.17) is 9.47 Å². The zero-order chi connectivity index (χ0) is 18.1. The maximum atomic E-state index is 12.1. The van der Waals surface area contributed by atoms with Gasteiger partial charge in [-0.15, -0.1) is 0 Å². The lowest BCUT2D eigenvalue weighted by Crippen LogP contribution is -2.36. The van der Waals surface area contributed by atoms with E-state index >= 15 is 0 Å². The summed E-state index contributed by atoms with van der Waals surface area (Å²) in [5.41, 5.74) is 1.16. The molecule has 0 aliphatic carbocycles. The third-order valence-corrected chi connectivity index (χ3v) is 4.22. The number of nitrogens with one attached hydrogen (secondary N) is 1. The van der Waals surface area contributed by atoms with Crippen LogP contribution in [0.4, 0.5) is 0 Å². The Kier molecular flexibility index (Phi) is 7.79. The van der Waals surface area contributed by atoms with E-state index < -0.39 is 6.10 Å². The Balaban J connectivity index is 1.74. The van der Waals surface area contributed by atoms with E-state index in [0.29, 0.717) is 18.9 Å². The van der Waals surface area contributed by atoms with Crippen molar-refractivity contribution < 1.29 is 14.3 Å². The predicted molar refractivity (Wildman–Crippen MR) is 103 cm³/mol. The maximum Gasteiger partial charge on any atom is 0.260 e. The van der Waals surface area contributed by atoms with E-state index in [1.807, 2.05) is 49.4 Å². The number of hydrogen-bond donors (Lipinski definition) is 1. The van der Waals surface area contributed by atoms with Crippen molar-refractivity contribution in [1.29, 1.82) is 0 Å². The molecule has 1 amide bonds. The summed E-state index contributed by atoms with van der Waals surface area (Å²) < 4.78 is 12.2. The molecule has 1 N–H and O–H groups in total. The smallest absolute Gasteiger partial charge is 0.260 e. The minimum atomic E-state index is -0.531. The van der Waals surface area contributed by atoms with Crippen LogP contribution < -0.4 is 14.8 Å². The number of carbonyl (C=O) groups excluding carboxylic acids is 1. The van der Waals surface area contributed by atoms with Crippen molar-refractivity contribution in [1.82, 2.24) is 5.32 Å². The van der Waals surface area contributed by atoms with E-state index in [2.05, 4.69) is 27.3 Å². The van der Waals surface area contributed by atoms with Gasteiger partial charge in [0.05, 0.1) is 6.61 Å². The molecular formula is C20H24BrNO3. The van der Waals surface area contributed by atoms with Gasteiger partial charge in [-0.3, -0.25) is 4.79 Å². The van der Waals surface area contributed by atoms with Crippen LogP contribution in [-0.2, 0) is 11.2 Å².